The molecule has 0 aliphatic rings. The van der Waals surface area contributed by atoms with Gasteiger partial charge in [0, 0.05) is 47.4 Å². The first-order valence-electron chi connectivity index (χ1n) is 8.65. The molecule has 23 heavy (non-hydrogen) atoms. The number of rotatable bonds is 10. The van der Waals surface area contributed by atoms with Crippen LogP contribution in [-0.4, -0.2) is 52.7 Å². The Bertz CT molecular complexity index is 100. The fourth-order valence-electron chi connectivity index (χ4n) is 1.09. The summed E-state index contributed by atoms with van der Waals surface area (Å²) in [5.74, 6) is 0.347. The van der Waals surface area contributed by atoms with Crippen molar-refractivity contribution in [3.05, 3.63) is 0 Å². The zero-order valence-corrected chi connectivity index (χ0v) is 17.9. The Morgan fingerprint density at radius 3 is 0.783 bits per heavy atom. The first kappa shape index (κ1) is 35.0. The Balaban J connectivity index is -0.0000000624. The molecule has 4 N–H and O–H groups in total. The van der Waals surface area contributed by atoms with Crippen molar-refractivity contribution in [2.45, 2.75) is 78.6 Å². The predicted octanol–water partition coefficient (Wildman–Crippen LogP) is 3.72. The summed E-state index contributed by atoms with van der Waals surface area (Å²) in [5.41, 5.74) is 0. The summed E-state index contributed by atoms with van der Waals surface area (Å²) in [6.45, 7) is 7.51. The van der Waals surface area contributed by atoms with Crippen LogP contribution in [0.5, 0.6) is 0 Å². The van der Waals surface area contributed by atoms with Gasteiger partial charge in [0.2, 0.25) is 0 Å². The van der Waals surface area contributed by atoms with Gasteiger partial charge in [0.05, 0.1) is 6.61 Å². The van der Waals surface area contributed by atoms with Crippen molar-refractivity contribution in [3.8, 4) is 0 Å². The van der Waals surface area contributed by atoms with Crippen LogP contribution in [0.1, 0.15) is 78.6 Å². The van der Waals surface area contributed by atoms with E-state index in [1.807, 2.05) is 0 Å². The Kier molecular flexibility index (Phi) is 75.4. The molecule has 0 bridgehead atoms. The SMILES string of the molecule is CCCCCO.CCCCCO.CCCCCO.OCCCl.[Ti]. The maximum absolute atomic E-state index is 8.20. The molecule has 0 atom stereocenters. The molecule has 0 amide bonds. The molecule has 6 heteroatoms. The third-order valence-electron chi connectivity index (χ3n) is 2.37. The van der Waals surface area contributed by atoms with Gasteiger partial charge in [-0.3, -0.25) is 0 Å². The van der Waals surface area contributed by atoms with Crippen LogP contribution in [-0.2, 0) is 21.7 Å². The van der Waals surface area contributed by atoms with Crippen molar-refractivity contribution >= 4 is 11.6 Å². The average Bonchev–Trinajstić information content (AvgIpc) is 2.57. The van der Waals surface area contributed by atoms with Crippen molar-refractivity contribution in [2.75, 3.05) is 32.3 Å². The van der Waals surface area contributed by atoms with Gasteiger partial charge in [-0.1, -0.05) is 59.3 Å². The van der Waals surface area contributed by atoms with Gasteiger partial charge in [-0.15, -0.1) is 11.6 Å². The minimum absolute atomic E-state index is 0. The molecule has 0 aliphatic heterocycles. The number of hydrogen-bond acceptors (Lipinski definition) is 4. The largest absolute Gasteiger partial charge is 0.396 e. The molecule has 0 saturated heterocycles. The molecule has 4 nitrogen and oxygen atoms in total. The molecule has 0 aromatic carbocycles. The third kappa shape index (κ3) is 84.4. The number of unbranched alkanes of at least 4 members (excludes halogenated alkanes) is 6. The van der Waals surface area contributed by atoms with E-state index in [0.29, 0.717) is 25.7 Å². The van der Waals surface area contributed by atoms with Gasteiger partial charge >= 0.3 is 0 Å². The zero-order chi connectivity index (χ0) is 17.9. The molecular formula is C17H41ClO4Ti. The van der Waals surface area contributed by atoms with Crippen LogP contribution in [0, 0.1) is 0 Å². The van der Waals surface area contributed by atoms with Crippen LogP contribution >= 0.6 is 11.6 Å². The van der Waals surface area contributed by atoms with E-state index in [2.05, 4.69) is 20.8 Å². The molecule has 0 aromatic heterocycles. The second-order valence-corrected chi connectivity index (χ2v) is 5.08. The van der Waals surface area contributed by atoms with Gasteiger partial charge in [0.25, 0.3) is 0 Å². The van der Waals surface area contributed by atoms with E-state index in [-0.39, 0.29) is 28.3 Å². The first-order chi connectivity index (χ1) is 10.7. The number of hydrogen-bond donors (Lipinski definition) is 4. The topological polar surface area (TPSA) is 80.9 Å². The maximum atomic E-state index is 8.20. The van der Waals surface area contributed by atoms with Crippen LogP contribution in [0.4, 0.5) is 0 Å². The van der Waals surface area contributed by atoms with Crippen molar-refractivity contribution in [1.82, 2.24) is 0 Å². The number of aliphatic hydroxyl groups is 4. The summed E-state index contributed by atoms with van der Waals surface area (Å²) < 4.78 is 0. The van der Waals surface area contributed by atoms with Crippen LogP contribution < -0.4 is 0 Å². The van der Waals surface area contributed by atoms with Crippen molar-refractivity contribution in [3.63, 3.8) is 0 Å². The summed E-state index contributed by atoms with van der Waals surface area (Å²) in [4.78, 5) is 0. The summed E-state index contributed by atoms with van der Waals surface area (Å²) in [6, 6.07) is 0. The fourth-order valence-corrected chi connectivity index (χ4v) is 1.09. The van der Waals surface area contributed by atoms with E-state index in [4.69, 9.17) is 32.0 Å². The Morgan fingerprint density at radius 2 is 0.739 bits per heavy atom. The number of halogens is 1. The normalized spacial score (nSPS) is 8.35. The molecular weight excluding hydrogens is 352 g/mol. The van der Waals surface area contributed by atoms with Gasteiger partial charge < -0.3 is 20.4 Å². The molecule has 144 valence electrons. The van der Waals surface area contributed by atoms with E-state index in [1.165, 1.54) is 19.3 Å². The van der Waals surface area contributed by atoms with Gasteiger partial charge in [0.15, 0.2) is 0 Å². The van der Waals surface area contributed by atoms with E-state index >= 15 is 0 Å². The minimum Gasteiger partial charge on any atom is -0.396 e. The summed E-state index contributed by atoms with van der Waals surface area (Å²) in [7, 11) is 0. The first-order valence-corrected chi connectivity index (χ1v) is 9.19. The average molecular weight is 393 g/mol. The quantitative estimate of drug-likeness (QED) is 0.259. The monoisotopic (exact) mass is 392 g/mol. The van der Waals surface area contributed by atoms with E-state index < -0.39 is 0 Å². The van der Waals surface area contributed by atoms with Gasteiger partial charge in [-0.05, 0) is 19.3 Å². The predicted molar refractivity (Wildman–Crippen MR) is 97.6 cm³/mol. The fraction of sp³-hybridized carbons (Fsp3) is 1.00. The van der Waals surface area contributed by atoms with Gasteiger partial charge in [-0.2, -0.15) is 0 Å². The summed E-state index contributed by atoms with van der Waals surface area (Å²) in [6.07, 6.45) is 9.98. The Labute approximate surface area is 164 Å². The second kappa shape index (κ2) is 49.5. The van der Waals surface area contributed by atoms with E-state index in [9.17, 15) is 0 Å². The van der Waals surface area contributed by atoms with E-state index in [0.717, 1.165) is 38.5 Å². The maximum Gasteiger partial charge on any atom is 0.0566 e. The van der Waals surface area contributed by atoms with Crippen LogP contribution in [0.15, 0.2) is 0 Å². The third-order valence-corrected chi connectivity index (χ3v) is 2.54. The smallest absolute Gasteiger partial charge is 0.0566 e. The molecule has 0 radical (unpaired) electrons. The van der Waals surface area contributed by atoms with Gasteiger partial charge in [0.1, 0.15) is 0 Å². The summed E-state index contributed by atoms with van der Waals surface area (Å²) in [5, 5.41) is 32.3. The molecule has 0 spiro atoms. The molecule has 0 rings (SSSR count). The van der Waals surface area contributed by atoms with Gasteiger partial charge in [-0.25, -0.2) is 0 Å². The molecule has 0 aliphatic carbocycles. The molecule has 0 fully saturated rings. The minimum atomic E-state index is 0. The molecule has 0 heterocycles. The van der Waals surface area contributed by atoms with Crippen molar-refractivity contribution < 1.29 is 42.1 Å². The van der Waals surface area contributed by atoms with Crippen molar-refractivity contribution in [1.29, 1.82) is 0 Å². The molecule has 0 saturated carbocycles. The number of aliphatic hydroxyl groups excluding tert-OH is 4. The van der Waals surface area contributed by atoms with Crippen molar-refractivity contribution in [2.24, 2.45) is 0 Å². The van der Waals surface area contributed by atoms with Crippen LogP contribution in [0.2, 0.25) is 0 Å². The standard InChI is InChI=1S/3C5H12O.C2H5ClO.Ti/c3*1-2-3-4-5-6;3-1-2-4;/h3*6H,2-5H2,1H3;4H,1-2H2;. The zero-order valence-electron chi connectivity index (χ0n) is 15.6. The van der Waals surface area contributed by atoms with Crippen LogP contribution in [0.3, 0.4) is 0 Å². The Morgan fingerprint density at radius 1 is 0.522 bits per heavy atom. The summed E-state index contributed by atoms with van der Waals surface area (Å²) >= 11 is 4.94. The number of alkyl halides is 1. The molecule has 0 aromatic rings. The second-order valence-electron chi connectivity index (χ2n) is 4.70. The van der Waals surface area contributed by atoms with E-state index in [1.54, 1.807) is 0 Å². The Hall–Kier alpha value is 0.844. The van der Waals surface area contributed by atoms with Crippen LogP contribution in [0.25, 0.3) is 0 Å². The molecule has 0 unspecified atom stereocenters.